The zero-order valence-electron chi connectivity index (χ0n) is 11.7. The summed E-state index contributed by atoms with van der Waals surface area (Å²) in [5, 5.41) is 17.1. The molecule has 1 nitrogen and oxygen atoms in total. The van der Waals surface area contributed by atoms with E-state index >= 15 is 0 Å². The minimum atomic E-state index is 1.34. The third-order valence-electron chi connectivity index (χ3n) is 2.75. The first-order valence-corrected chi connectivity index (χ1v) is 10.1. The molecule has 4 heterocycles. The van der Waals surface area contributed by atoms with E-state index in [-0.39, 0.29) is 0 Å². The van der Waals surface area contributed by atoms with Gasteiger partial charge >= 0.3 is 0 Å². The van der Waals surface area contributed by atoms with Crippen molar-refractivity contribution in [2.24, 2.45) is 0 Å². The molecule has 0 saturated heterocycles. The van der Waals surface area contributed by atoms with E-state index in [2.05, 4.69) is 67.3 Å². The van der Waals surface area contributed by atoms with Crippen LogP contribution in [0.4, 0.5) is 0 Å². The van der Waals surface area contributed by atoms with E-state index in [1.165, 1.54) is 22.3 Å². The molecule has 0 spiro atoms. The summed E-state index contributed by atoms with van der Waals surface area (Å²) in [5.41, 5.74) is 5.36. The van der Waals surface area contributed by atoms with Gasteiger partial charge in [0.25, 0.3) is 0 Å². The van der Waals surface area contributed by atoms with E-state index in [0.29, 0.717) is 0 Å². The van der Waals surface area contributed by atoms with Crippen molar-refractivity contribution in [3.8, 4) is 22.3 Å². The van der Waals surface area contributed by atoms with Gasteiger partial charge in [0, 0.05) is 0 Å². The van der Waals surface area contributed by atoms with Crippen molar-refractivity contribution in [1.29, 1.82) is 0 Å². The predicted molar refractivity (Wildman–Crippen MR) is 102 cm³/mol. The summed E-state index contributed by atoms with van der Waals surface area (Å²) in [6.45, 7) is 2.00. The highest BCUT2D eigenvalue weighted by Crippen LogP contribution is 2.24. The highest BCUT2D eigenvalue weighted by atomic mass is 32.1. The van der Waals surface area contributed by atoms with Crippen LogP contribution in [-0.2, 0) is 4.79 Å². The van der Waals surface area contributed by atoms with Gasteiger partial charge in [0.05, 0.1) is 0 Å². The molecule has 0 bridgehead atoms. The molecule has 0 aliphatic heterocycles. The standard InChI is InChI=1S/2C8H6S2.CH2O/c2*1-3-9-5-7(1)8-2-4-10-6-8;1-2/h2*1-6H;1H2. The van der Waals surface area contributed by atoms with Crippen LogP contribution in [0.1, 0.15) is 0 Å². The number of rotatable bonds is 2. The van der Waals surface area contributed by atoms with Crippen molar-refractivity contribution in [1.82, 2.24) is 0 Å². The molecule has 0 saturated carbocycles. The van der Waals surface area contributed by atoms with Crippen LogP contribution >= 0.6 is 45.3 Å². The lowest BCUT2D eigenvalue weighted by atomic mass is 10.2. The Labute approximate surface area is 146 Å². The van der Waals surface area contributed by atoms with Crippen LogP contribution in [0.15, 0.2) is 67.3 Å². The van der Waals surface area contributed by atoms with Crippen molar-refractivity contribution in [2.75, 3.05) is 0 Å². The molecule has 4 rings (SSSR count). The molecule has 0 fully saturated rings. The van der Waals surface area contributed by atoms with Crippen LogP contribution in [0.2, 0.25) is 0 Å². The molecule has 22 heavy (non-hydrogen) atoms. The Morgan fingerprint density at radius 1 is 0.500 bits per heavy atom. The molecule has 0 aliphatic carbocycles. The minimum absolute atomic E-state index is 1.34. The second-order valence-electron chi connectivity index (χ2n) is 4.05. The first-order chi connectivity index (χ1) is 10.9. The Bertz CT molecular complexity index is 579. The molecule has 0 aliphatic rings. The summed E-state index contributed by atoms with van der Waals surface area (Å²) in [5.74, 6) is 0. The maximum atomic E-state index is 8.00. The second-order valence-corrected chi connectivity index (χ2v) is 7.17. The molecule has 5 heteroatoms. The third kappa shape index (κ3) is 4.74. The molecular weight excluding hydrogens is 348 g/mol. The van der Waals surface area contributed by atoms with Gasteiger partial charge in [-0.15, -0.1) is 0 Å². The van der Waals surface area contributed by atoms with Gasteiger partial charge in [-0.1, -0.05) is 0 Å². The minimum Gasteiger partial charge on any atom is -0.307 e. The number of carbonyl (C=O) groups excluding carboxylic acids is 1. The Hall–Kier alpha value is -1.53. The largest absolute Gasteiger partial charge is 0.307 e. The van der Waals surface area contributed by atoms with Crippen molar-refractivity contribution in [2.45, 2.75) is 0 Å². The highest BCUT2D eigenvalue weighted by molar-refractivity contribution is 7.09. The van der Waals surface area contributed by atoms with Crippen LogP contribution < -0.4 is 0 Å². The topological polar surface area (TPSA) is 17.1 Å². The number of carbonyl (C=O) groups is 1. The zero-order valence-corrected chi connectivity index (χ0v) is 14.9. The highest BCUT2D eigenvalue weighted by Gasteiger charge is 1.95. The number of hydrogen-bond acceptors (Lipinski definition) is 5. The number of thiophene rings is 4. The van der Waals surface area contributed by atoms with Crippen LogP contribution in [-0.4, -0.2) is 6.79 Å². The molecular formula is C17H14OS4. The molecule has 112 valence electrons. The lowest BCUT2D eigenvalue weighted by Gasteiger charge is -1.85. The monoisotopic (exact) mass is 362 g/mol. The van der Waals surface area contributed by atoms with Gasteiger partial charge in [-0.05, 0) is 89.6 Å². The van der Waals surface area contributed by atoms with Gasteiger partial charge in [0.2, 0.25) is 0 Å². The van der Waals surface area contributed by atoms with Crippen molar-refractivity contribution >= 4 is 52.1 Å². The van der Waals surface area contributed by atoms with Gasteiger partial charge in [-0.25, -0.2) is 0 Å². The molecule has 4 aromatic rings. The van der Waals surface area contributed by atoms with E-state index in [9.17, 15) is 0 Å². The lowest BCUT2D eigenvalue weighted by molar-refractivity contribution is -0.0979. The van der Waals surface area contributed by atoms with E-state index in [0.717, 1.165) is 0 Å². The van der Waals surface area contributed by atoms with E-state index in [4.69, 9.17) is 4.79 Å². The third-order valence-corrected chi connectivity index (χ3v) is 5.48. The fraction of sp³-hybridized carbons (Fsp3) is 0. The second kappa shape index (κ2) is 9.48. The maximum absolute atomic E-state index is 8.00. The van der Waals surface area contributed by atoms with E-state index in [1.54, 1.807) is 45.3 Å². The van der Waals surface area contributed by atoms with Gasteiger partial charge in [-0.2, -0.15) is 45.3 Å². The van der Waals surface area contributed by atoms with Crippen LogP contribution in [0.3, 0.4) is 0 Å². The van der Waals surface area contributed by atoms with Crippen LogP contribution in [0.25, 0.3) is 22.3 Å². The van der Waals surface area contributed by atoms with Gasteiger partial charge in [0.15, 0.2) is 0 Å². The summed E-state index contributed by atoms with van der Waals surface area (Å²) in [7, 11) is 0. The zero-order chi connectivity index (χ0) is 15.6. The van der Waals surface area contributed by atoms with Crippen LogP contribution in [0.5, 0.6) is 0 Å². The first-order valence-electron chi connectivity index (χ1n) is 6.32. The SMILES string of the molecule is C=O.c1cc(-c2ccsc2)cs1.c1cc(-c2ccsc2)cs1. The summed E-state index contributed by atoms with van der Waals surface area (Å²) < 4.78 is 0. The Kier molecular flexibility index (Phi) is 7.25. The molecule has 0 aromatic carbocycles. The average molecular weight is 363 g/mol. The van der Waals surface area contributed by atoms with Gasteiger partial charge < -0.3 is 4.79 Å². The molecule has 0 amide bonds. The van der Waals surface area contributed by atoms with E-state index in [1.807, 2.05) is 6.79 Å². The fourth-order valence-corrected chi connectivity index (χ4v) is 4.37. The summed E-state index contributed by atoms with van der Waals surface area (Å²) in [6, 6.07) is 8.58. The summed E-state index contributed by atoms with van der Waals surface area (Å²) in [6.07, 6.45) is 0. The number of hydrogen-bond donors (Lipinski definition) is 0. The summed E-state index contributed by atoms with van der Waals surface area (Å²) in [4.78, 5) is 8.00. The predicted octanol–water partition coefficient (Wildman–Crippen LogP) is 6.77. The molecule has 0 unspecified atom stereocenters. The Morgan fingerprint density at radius 3 is 0.864 bits per heavy atom. The Morgan fingerprint density at radius 2 is 0.727 bits per heavy atom. The lowest BCUT2D eigenvalue weighted by Crippen LogP contribution is -1.60. The quantitative estimate of drug-likeness (QED) is 0.384. The fourth-order valence-electron chi connectivity index (χ4n) is 1.71. The van der Waals surface area contributed by atoms with Crippen molar-refractivity contribution in [3.63, 3.8) is 0 Å². The molecule has 4 aromatic heterocycles. The molecule has 0 radical (unpaired) electrons. The van der Waals surface area contributed by atoms with E-state index < -0.39 is 0 Å². The van der Waals surface area contributed by atoms with Crippen LogP contribution in [0, 0.1) is 0 Å². The first kappa shape index (κ1) is 16.8. The van der Waals surface area contributed by atoms with Crippen molar-refractivity contribution < 1.29 is 4.79 Å². The Balaban J connectivity index is 0.000000144. The average Bonchev–Trinajstić information content (AvgIpc) is 3.40. The van der Waals surface area contributed by atoms with Gasteiger partial charge in [0.1, 0.15) is 6.79 Å². The molecule has 0 atom stereocenters. The van der Waals surface area contributed by atoms with Crippen molar-refractivity contribution in [3.05, 3.63) is 67.3 Å². The van der Waals surface area contributed by atoms with Gasteiger partial charge in [-0.3, -0.25) is 0 Å². The normalized spacial score (nSPS) is 9.27. The smallest absolute Gasteiger partial charge is 0.106 e. The summed E-state index contributed by atoms with van der Waals surface area (Å²) >= 11 is 6.97. The molecule has 0 N–H and O–H groups in total. The maximum Gasteiger partial charge on any atom is 0.106 e.